The van der Waals surface area contributed by atoms with Gasteiger partial charge in [-0.25, -0.2) is 4.98 Å². The molecular weight excluding hydrogens is 743 g/mol. The first-order valence-electron chi connectivity index (χ1n) is 20.6. The predicted molar refractivity (Wildman–Crippen MR) is 255 cm³/mol. The van der Waals surface area contributed by atoms with Crippen molar-refractivity contribution in [2.45, 2.75) is 0 Å². The molecule has 4 heteroatoms. The summed E-state index contributed by atoms with van der Waals surface area (Å²) < 4.78 is 6.87. The lowest BCUT2D eigenvalue weighted by atomic mass is 9.98. The van der Waals surface area contributed by atoms with Crippen molar-refractivity contribution in [1.29, 1.82) is 0 Å². The summed E-state index contributed by atoms with van der Waals surface area (Å²) in [5, 5.41) is 4.31. The van der Waals surface area contributed by atoms with E-state index in [1.165, 1.54) is 11.1 Å². The van der Waals surface area contributed by atoms with Crippen molar-refractivity contribution in [3.05, 3.63) is 237 Å². The van der Waals surface area contributed by atoms with E-state index in [2.05, 4.69) is 246 Å². The average Bonchev–Trinajstić information content (AvgIpc) is 3.80. The summed E-state index contributed by atoms with van der Waals surface area (Å²) in [6.45, 7) is 0. The number of oxazole rings is 1. The molecule has 0 spiro atoms. The Morgan fingerprint density at radius 1 is 0.279 bits per heavy atom. The molecule has 0 aliphatic rings. The molecule has 10 aromatic carbocycles. The molecule has 0 N–H and O–H groups in total. The van der Waals surface area contributed by atoms with Crippen molar-refractivity contribution in [3.8, 4) is 33.7 Å². The molecule has 0 radical (unpaired) electrons. The first kappa shape index (κ1) is 35.9. The van der Waals surface area contributed by atoms with Crippen molar-refractivity contribution in [2.24, 2.45) is 0 Å². The van der Waals surface area contributed by atoms with Crippen molar-refractivity contribution < 1.29 is 4.42 Å². The zero-order chi connectivity index (χ0) is 40.5. The van der Waals surface area contributed by atoms with Crippen molar-refractivity contribution in [1.82, 2.24) is 4.98 Å². The van der Waals surface area contributed by atoms with Crippen molar-refractivity contribution >= 4 is 66.8 Å². The monoisotopic (exact) mass is 781 g/mol. The number of aromatic nitrogens is 1. The van der Waals surface area contributed by atoms with E-state index in [-0.39, 0.29) is 0 Å². The second-order valence-electron chi connectivity index (χ2n) is 15.2. The van der Waals surface area contributed by atoms with Gasteiger partial charge in [-0.3, -0.25) is 0 Å². The Labute approximate surface area is 354 Å². The average molecular weight is 782 g/mol. The molecule has 0 bridgehead atoms. The molecule has 0 saturated carbocycles. The van der Waals surface area contributed by atoms with E-state index in [0.29, 0.717) is 5.89 Å². The Morgan fingerprint density at radius 2 is 0.705 bits per heavy atom. The highest BCUT2D eigenvalue weighted by Gasteiger charge is 2.21. The SMILES string of the molecule is c1ccc(-c2cccc(-c3cccc(N(c4ccccc4)c4cccc(-c5nc6c7ccccc7c7cc(N(c8ccccc8)c8ccccc8)ccc7c6o5)c4)c3)c2)cc1. The highest BCUT2D eigenvalue weighted by molar-refractivity contribution is 6.23. The van der Waals surface area contributed by atoms with Crippen LogP contribution in [-0.4, -0.2) is 4.98 Å². The van der Waals surface area contributed by atoms with Gasteiger partial charge in [0.15, 0.2) is 5.58 Å². The highest BCUT2D eigenvalue weighted by atomic mass is 16.3. The first-order valence-corrected chi connectivity index (χ1v) is 20.6. The Morgan fingerprint density at radius 3 is 1.33 bits per heavy atom. The summed E-state index contributed by atoms with van der Waals surface area (Å²) in [4.78, 5) is 9.85. The summed E-state index contributed by atoms with van der Waals surface area (Å²) in [6, 6.07) is 83.3. The van der Waals surface area contributed by atoms with E-state index in [4.69, 9.17) is 9.40 Å². The minimum absolute atomic E-state index is 0.577. The zero-order valence-electron chi connectivity index (χ0n) is 33.3. The Kier molecular flexibility index (Phi) is 9.14. The summed E-state index contributed by atoms with van der Waals surface area (Å²) in [5.41, 5.74) is 13.6. The number of fused-ring (bicyclic) bond motifs is 6. The van der Waals surface area contributed by atoms with Gasteiger partial charge in [0.05, 0.1) is 0 Å². The van der Waals surface area contributed by atoms with Gasteiger partial charge in [0, 0.05) is 50.5 Å². The van der Waals surface area contributed by atoms with E-state index in [9.17, 15) is 0 Å². The lowest BCUT2D eigenvalue weighted by Crippen LogP contribution is -2.10. The molecule has 1 heterocycles. The second-order valence-corrected chi connectivity index (χ2v) is 15.2. The molecule has 0 aliphatic heterocycles. The number of nitrogens with zero attached hydrogens (tertiary/aromatic N) is 3. The third kappa shape index (κ3) is 6.76. The largest absolute Gasteiger partial charge is 0.435 e. The fourth-order valence-corrected chi connectivity index (χ4v) is 8.56. The fourth-order valence-electron chi connectivity index (χ4n) is 8.56. The van der Waals surface area contributed by atoms with Gasteiger partial charge in [-0.15, -0.1) is 0 Å². The van der Waals surface area contributed by atoms with Gasteiger partial charge in [-0.2, -0.15) is 0 Å². The minimum Gasteiger partial charge on any atom is -0.435 e. The summed E-state index contributed by atoms with van der Waals surface area (Å²) in [5.74, 6) is 0.577. The van der Waals surface area contributed by atoms with Crippen LogP contribution < -0.4 is 9.80 Å². The lowest BCUT2D eigenvalue weighted by molar-refractivity contribution is 0.623. The fraction of sp³-hybridized carbons (Fsp3) is 0. The van der Waals surface area contributed by atoms with Crippen molar-refractivity contribution in [2.75, 3.05) is 9.80 Å². The molecule has 11 aromatic rings. The molecule has 0 aliphatic carbocycles. The summed E-state index contributed by atoms with van der Waals surface area (Å²) in [7, 11) is 0. The Hall–Kier alpha value is -8.21. The van der Waals surface area contributed by atoms with Gasteiger partial charge in [-0.1, -0.05) is 146 Å². The van der Waals surface area contributed by atoms with Crippen LogP contribution in [0.25, 0.3) is 66.4 Å². The van der Waals surface area contributed by atoms with Crippen LogP contribution in [0.5, 0.6) is 0 Å². The third-order valence-electron chi connectivity index (χ3n) is 11.4. The van der Waals surface area contributed by atoms with Gasteiger partial charge in [0.2, 0.25) is 5.89 Å². The standard InChI is InChI=1S/C57H39N3O/c1-5-18-40(19-6-1)41-20-15-21-42(36-41)43-22-16-30-48(37-43)60(47-28-11-4-12-29-47)49-31-17-23-44(38-49)57-58-55-52-33-14-13-32-51(52)54-39-50(34-35-53(54)56(55)61-57)59(45-24-7-2-8-25-45)46-26-9-3-10-27-46/h1-39H. The van der Waals surface area contributed by atoms with Gasteiger partial charge in [0.25, 0.3) is 0 Å². The van der Waals surface area contributed by atoms with E-state index in [1.807, 2.05) is 0 Å². The normalized spacial score (nSPS) is 11.3. The van der Waals surface area contributed by atoms with E-state index in [0.717, 1.165) is 83.5 Å². The minimum atomic E-state index is 0.577. The number of anilines is 6. The van der Waals surface area contributed by atoms with Crippen LogP contribution in [0.1, 0.15) is 0 Å². The summed E-state index contributed by atoms with van der Waals surface area (Å²) >= 11 is 0. The van der Waals surface area contributed by atoms with Crippen LogP contribution in [0.2, 0.25) is 0 Å². The number of hydrogen-bond acceptors (Lipinski definition) is 4. The highest BCUT2D eigenvalue weighted by Crippen LogP contribution is 2.43. The van der Waals surface area contributed by atoms with E-state index in [1.54, 1.807) is 0 Å². The Bertz CT molecular complexity index is 3270. The number of para-hydroxylation sites is 3. The van der Waals surface area contributed by atoms with Gasteiger partial charge in [0.1, 0.15) is 5.52 Å². The predicted octanol–water partition coefficient (Wildman–Crippen LogP) is 16.1. The molecule has 0 atom stereocenters. The van der Waals surface area contributed by atoms with Crippen LogP contribution in [0, 0.1) is 0 Å². The second kappa shape index (κ2) is 15.5. The van der Waals surface area contributed by atoms with Gasteiger partial charge < -0.3 is 14.2 Å². The van der Waals surface area contributed by atoms with Crippen LogP contribution in [0.3, 0.4) is 0 Å². The molecule has 288 valence electrons. The quantitative estimate of drug-likeness (QED) is 0.137. The maximum atomic E-state index is 6.87. The molecular formula is C57H39N3O. The molecule has 4 nitrogen and oxygen atoms in total. The molecule has 11 rings (SSSR count). The van der Waals surface area contributed by atoms with Gasteiger partial charge >= 0.3 is 0 Å². The first-order chi connectivity index (χ1) is 30.2. The topological polar surface area (TPSA) is 32.5 Å². The maximum absolute atomic E-state index is 6.87. The molecule has 0 fully saturated rings. The number of rotatable bonds is 9. The van der Waals surface area contributed by atoms with Crippen LogP contribution in [-0.2, 0) is 0 Å². The number of benzene rings is 10. The molecule has 0 saturated heterocycles. The summed E-state index contributed by atoms with van der Waals surface area (Å²) in [6.07, 6.45) is 0. The molecule has 0 amide bonds. The van der Waals surface area contributed by atoms with E-state index < -0.39 is 0 Å². The van der Waals surface area contributed by atoms with Crippen LogP contribution >= 0.6 is 0 Å². The van der Waals surface area contributed by atoms with Crippen molar-refractivity contribution in [3.63, 3.8) is 0 Å². The molecule has 1 aromatic heterocycles. The van der Waals surface area contributed by atoms with Crippen LogP contribution in [0.15, 0.2) is 241 Å². The molecule has 61 heavy (non-hydrogen) atoms. The Balaban J connectivity index is 1.02. The third-order valence-corrected chi connectivity index (χ3v) is 11.4. The molecule has 0 unspecified atom stereocenters. The maximum Gasteiger partial charge on any atom is 0.227 e. The lowest BCUT2D eigenvalue weighted by Gasteiger charge is -2.26. The number of hydrogen-bond donors (Lipinski definition) is 0. The van der Waals surface area contributed by atoms with Gasteiger partial charge in [-0.05, 0) is 124 Å². The van der Waals surface area contributed by atoms with E-state index >= 15 is 0 Å². The smallest absolute Gasteiger partial charge is 0.227 e. The zero-order valence-corrected chi connectivity index (χ0v) is 33.3. The van der Waals surface area contributed by atoms with Crippen LogP contribution in [0.4, 0.5) is 34.1 Å².